The zero-order valence-electron chi connectivity index (χ0n) is 18.0. The van der Waals surface area contributed by atoms with Gasteiger partial charge in [0.1, 0.15) is 11.3 Å². The second-order valence-corrected chi connectivity index (χ2v) is 8.73. The maximum atomic E-state index is 15.5. The lowest BCUT2D eigenvalue weighted by Crippen LogP contribution is -2.26. The number of rotatable bonds is 4. The molecule has 1 unspecified atom stereocenters. The number of carbonyl (C=O) groups excluding carboxylic acids is 1. The van der Waals surface area contributed by atoms with Crippen molar-refractivity contribution in [3.63, 3.8) is 0 Å². The summed E-state index contributed by atoms with van der Waals surface area (Å²) < 4.78 is 30.0. The molecule has 1 aliphatic rings. The number of nitrogens with two attached hydrogens (primary N) is 1. The van der Waals surface area contributed by atoms with Gasteiger partial charge in [0.2, 0.25) is 0 Å². The van der Waals surface area contributed by atoms with Crippen LogP contribution in [0.25, 0.3) is 22.2 Å². The number of fused-ring (bicyclic) bond motifs is 1. The summed E-state index contributed by atoms with van der Waals surface area (Å²) in [5, 5.41) is 0. The maximum Gasteiger partial charge on any atom is 0.257 e. The molecule has 0 spiro atoms. The van der Waals surface area contributed by atoms with Crippen molar-refractivity contribution >= 4 is 16.9 Å². The van der Waals surface area contributed by atoms with E-state index >= 15 is 4.39 Å². The highest BCUT2D eigenvalue weighted by Crippen LogP contribution is 2.36. The van der Waals surface area contributed by atoms with E-state index in [1.165, 1.54) is 31.3 Å². The van der Waals surface area contributed by atoms with Crippen LogP contribution in [-0.4, -0.2) is 39.9 Å². The normalized spacial score (nSPS) is 20.1. The van der Waals surface area contributed by atoms with Crippen LogP contribution in [0.5, 0.6) is 0 Å². The molecule has 2 heterocycles. The van der Waals surface area contributed by atoms with E-state index < -0.39 is 17.5 Å². The molecule has 1 atom stereocenters. The zero-order valence-corrected chi connectivity index (χ0v) is 18.0. The number of imidazole rings is 1. The van der Waals surface area contributed by atoms with Gasteiger partial charge in [0.25, 0.3) is 5.91 Å². The Morgan fingerprint density at radius 3 is 2.55 bits per heavy atom. The average molecular weight is 427 g/mol. The van der Waals surface area contributed by atoms with Gasteiger partial charge in [-0.15, -0.1) is 0 Å². The van der Waals surface area contributed by atoms with Gasteiger partial charge in [0.15, 0.2) is 11.6 Å². The van der Waals surface area contributed by atoms with E-state index in [2.05, 4.69) is 21.9 Å². The molecule has 1 saturated carbocycles. The largest absolute Gasteiger partial charge is 0.345 e. The Balaban J connectivity index is 1.75. The van der Waals surface area contributed by atoms with Crippen LogP contribution >= 0.6 is 0 Å². The van der Waals surface area contributed by atoms with Crippen LogP contribution in [0.15, 0.2) is 24.5 Å². The van der Waals surface area contributed by atoms with Crippen molar-refractivity contribution in [2.24, 2.45) is 17.6 Å². The molecular formula is C23H27F2N5O. The minimum atomic E-state index is -0.799. The Morgan fingerprint density at radius 2 is 1.87 bits per heavy atom. The van der Waals surface area contributed by atoms with Crippen LogP contribution < -0.4 is 5.73 Å². The van der Waals surface area contributed by atoms with Gasteiger partial charge in [0, 0.05) is 31.4 Å². The summed E-state index contributed by atoms with van der Waals surface area (Å²) in [6.07, 6.45) is 6.56. The molecule has 6 nitrogen and oxygen atoms in total. The number of hydrogen-bond donors (Lipinski definition) is 2. The first-order valence-electron chi connectivity index (χ1n) is 10.6. The third kappa shape index (κ3) is 3.92. The van der Waals surface area contributed by atoms with Crippen molar-refractivity contribution in [2.45, 2.75) is 38.6 Å². The molecule has 1 aliphatic carbocycles. The third-order valence-corrected chi connectivity index (χ3v) is 6.31. The quantitative estimate of drug-likeness (QED) is 0.645. The molecule has 0 aliphatic heterocycles. The predicted octanol–water partition coefficient (Wildman–Crippen LogP) is 4.43. The molecular weight excluding hydrogens is 400 g/mol. The van der Waals surface area contributed by atoms with Gasteiger partial charge < -0.3 is 15.6 Å². The number of aromatic nitrogens is 3. The average Bonchev–Trinajstić information content (AvgIpc) is 3.19. The van der Waals surface area contributed by atoms with Crippen LogP contribution in [0.1, 0.15) is 54.8 Å². The molecule has 3 N–H and O–H groups in total. The first-order chi connectivity index (χ1) is 14.8. The Hall–Kier alpha value is -2.87. The summed E-state index contributed by atoms with van der Waals surface area (Å²) in [6.45, 7) is 2.25. The molecule has 0 radical (unpaired) electrons. The van der Waals surface area contributed by atoms with Gasteiger partial charge in [-0.2, -0.15) is 0 Å². The summed E-state index contributed by atoms with van der Waals surface area (Å²) in [4.78, 5) is 25.2. The zero-order chi connectivity index (χ0) is 22.3. The second kappa shape index (κ2) is 8.34. The van der Waals surface area contributed by atoms with Crippen molar-refractivity contribution in [2.75, 3.05) is 14.1 Å². The summed E-state index contributed by atoms with van der Waals surface area (Å²) in [6, 6.07) is 2.88. The van der Waals surface area contributed by atoms with Gasteiger partial charge in [-0.1, -0.05) is 19.8 Å². The van der Waals surface area contributed by atoms with E-state index in [1.54, 1.807) is 6.07 Å². The van der Waals surface area contributed by atoms with Gasteiger partial charge in [-0.05, 0) is 36.8 Å². The molecule has 31 heavy (non-hydrogen) atoms. The summed E-state index contributed by atoms with van der Waals surface area (Å²) in [7, 11) is 3.03. The smallest absolute Gasteiger partial charge is 0.257 e. The van der Waals surface area contributed by atoms with Crippen molar-refractivity contribution in [1.82, 2.24) is 19.9 Å². The molecule has 0 saturated heterocycles. The van der Waals surface area contributed by atoms with Crippen LogP contribution in [-0.2, 0) is 0 Å². The highest BCUT2D eigenvalue weighted by Gasteiger charge is 2.28. The fourth-order valence-corrected chi connectivity index (χ4v) is 4.38. The number of carbonyl (C=O) groups is 1. The van der Waals surface area contributed by atoms with Gasteiger partial charge in [-0.25, -0.2) is 13.8 Å². The molecule has 8 heteroatoms. The summed E-state index contributed by atoms with van der Waals surface area (Å²) in [5.41, 5.74) is 7.05. The summed E-state index contributed by atoms with van der Waals surface area (Å²) in [5.74, 6) is -0.441. The molecule has 164 valence electrons. The molecule has 0 bridgehead atoms. The lowest BCUT2D eigenvalue weighted by molar-refractivity contribution is 0.0823. The standard InChI is InChI=1S/C23H27F2N5O/c1-12-4-6-13(7-5-12)20(26)22-28-17-9-8-14(19(25)21(17)29-22)15-10-27-11-16(24)18(15)23(31)30(2)3/h8-13,20H,4-7,26H2,1-3H3,(H,28,29). The van der Waals surface area contributed by atoms with E-state index in [-0.39, 0.29) is 28.2 Å². The molecule has 1 fully saturated rings. The van der Waals surface area contributed by atoms with E-state index in [4.69, 9.17) is 5.73 Å². The van der Waals surface area contributed by atoms with E-state index in [9.17, 15) is 9.18 Å². The van der Waals surface area contributed by atoms with Crippen LogP contribution in [0.3, 0.4) is 0 Å². The number of nitrogens with one attached hydrogen (secondary N) is 1. The molecule has 1 aromatic carbocycles. The first-order valence-corrected chi connectivity index (χ1v) is 10.6. The number of halogens is 2. The number of hydrogen-bond acceptors (Lipinski definition) is 4. The molecule has 3 aromatic rings. The Morgan fingerprint density at radius 1 is 1.16 bits per heavy atom. The fraction of sp³-hybridized carbons (Fsp3) is 0.435. The number of nitrogens with zero attached hydrogens (tertiary/aromatic N) is 3. The minimum absolute atomic E-state index is 0.0720. The van der Waals surface area contributed by atoms with Gasteiger partial charge in [0.05, 0.1) is 23.3 Å². The fourth-order valence-electron chi connectivity index (χ4n) is 4.38. The van der Waals surface area contributed by atoms with Crippen LogP contribution in [0.4, 0.5) is 8.78 Å². The first kappa shape index (κ1) is 21.4. The maximum absolute atomic E-state index is 15.5. The number of pyridine rings is 1. The van der Waals surface area contributed by atoms with E-state index in [0.717, 1.165) is 31.9 Å². The molecule has 2 aromatic heterocycles. The highest BCUT2D eigenvalue weighted by atomic mass is 19.1. The molecule has 1 amide bonds. The third-order valence-electron chi connectivity index (χ3n) is 6.31. The number of amides is 1. The van der Waals surface area contributed by atoms with Crippen molar-refractivity contribution < 1.29 is 13.6 Å². The van der Waals surface area contributed by atoms with Gasteiger partial charge in [-0.3, -0.25) is 9.78 Å². The number of aromatic amines is 1. The lowest BCUT2D eigenvalue weighted by Gasteiger charge is -2.29. The minimum Gasteiger partial charge on any atom is -0.345 e. The number of benzene rings is 1. The van der Waals surface area contributed by atoms with Crippen LogP contribution in [0, 0.1) is 23.5 Å². The second-order valence-electron chi connectivity index (χ2n) is 8.73. The monoisotopic (exact) mass is 427 g/mol. The molecule has 4 rings (SSSR count). The Kier molecular flexibility index (Phi) is 5.75. The highest BCUT2D eigenvalue weighted by molar-refractivity contribution is 6.01. The van der Waals surface area contributed by atoms with E-state index in [0.29, 0.717) is 23.2 Å². The van der Waals surface area contributed by atoms with Crippen molar-refractivity contribution in [3.05, 3.63) is 47.5 Å². The topological polar surface area (TPSA) is 87.9 Å². The predicted molar refractivity (Wildman–Crippen MR) is 115 cm³/mol. The summed E-state index contributed by atoms with van der Waals surface area (Å²) >= 11 is 0. The van der Waals surface area contributed by atoms with Gasteiger partial charge >= 0.3 is 0 Å². The van der Waals surface area contributed by atoms with Crippen LogP contribution in [0.2, 0.25) is 0 Å². The Bertz CT molecular complexity index is 1120. The SMILES string of the molecule is CC1CCC(C(N)c2nc3c(F)c(-c4cncc(F)c4C(=O)N(C)C)ccc3[nH]2)CC1. The van der Waals surface area contributed by atoms with Crippen molar-refractivity contribution in [1.29, 1.82) is 0 Å². The lowest BCUT2D eigenvalue weighted by atomic mass is 9.79. The Labute approximate surface area is 179 Å². The number of H-pyrrole nitrogens is 1. The van der Waals surface area contributed by atoms with Crippen molar-refractivity contribution in [3.8, 4) is 11.1 Å². The van der Waals surface area contributed by atoms with E-state index in [1.807, 2.05) is 0 Å².